The third-order valence-electron chi connectivity index (χ3n) is 1.88. The Kier molecular flexibility index (Phi) is 2.55. The minimum Gasteiger partial charge on any atom is -0.508 e. The van der Waals surface area contributed by atoms with E-state index in [1.807, 2.05) is 0 Å². The zero-order valence-electron chi connectivity index (χ0n) is 8.47. The standard InChI is InChI=1S/C10H9N3O3/c1-6-11-10(16-13-6)12-9(15)7-2-4-8(14)5-3-7/h2-5,14H,1H3,(H,11,12,13,15). The van der Waals surface area contributed by atoms with E-state index in [-0.39, 0.29) is 17.7 Å². The maximum absolute atomic E-state index is 11.6. The number of aryl methyl sites for hydroxylation is 1. The van der Waals surface area contributed by atoms with Crippen LogP contribution in [0.2, 0.25) is 0 Å². The summed E-state index contributed by atoms with van der Waals surface area (Å²) in [6.07, 6.45) is 0. The van der Waals surface area contributed by atoms with Crippen LogP contribution in [0.3, 0.4) is 0 Å². The average Bonchev–Trinajstić information content (AvgIpc) is 2.65. The normalized spacial score (nSPS) is 10.1. The van der Waals surface area contributed by atoms with Crippen LogP contribution in [0.4, 0.5) is 6.01 Å². The molecule has 1 aromatic carbocycles. The van der Waals surface area contributed by atoms with Gasteiger partial charge in [0.1, 0.15) is 5.75 Å². The van der Waals surface area contributed by atoms with Crippen molar-refractivity contribution >= 4 is 11.9 Å². The van der Waals surface area contributed by atoms with Crippen molar-refractivity contribution in [2.24, 2.45) is 0 Å². The molecule has 0 aliphatic carbocycles. The van der Waals surface area contributed by atoms with Crippen LogP contribution in [-0.2, 0) is 0 Å². The van der Waals surface area contributed by atoms with Crippen LogP contribution in [0.5, 0.6) is 5.75 Å². The zero-order valence-corrected chi connectivity index (χ0v) is 8.47. The Morgan fingerprint density at radius 1 is 1.38 bits per heavy atom. The second kappa shape index (κ2) is 4.01. The van der Waals surface area contributed by atoms with E-state index in [0.717, 1.165) is 0 Å². The van der Waals surface area contributed by atoms with Crippen LogP contribution in [0.25, 0.3) is 0 Å². The topological polar surface area (TPSA) is 88.2 Å². The lowest BCUT2D eigenvalue weighted by Gasteiger charge is -1.99. The van der Waals surface area contributed by atoms with Gasteiger partial charge in [0.25, 0.3) is 5.91 Å². The highest BCUT2D eigenvalue weighted by molar-refractivity contribution is 6.03. The van der Waals surface area contributed by atoms with Crippen LogP contribution in [0.15, 0.2) is 28.8 Å². The molecule has 1 amide bonds. The van der Waals surface area contributed by atoms with Crippen molar-refractivity contribution in [2.75, 3.05) is 5.32 Å². The molecular formula is C10H9N3O3. The molecule has 0 saturated heterocycles. The van der Waals surface area contributed by atoms with Crippen molar-refractivity contribution in [3.8, 4) is 5.75 Å². The lowest BCUT2D eigenvalue weighted by Crippen LogP contribution is -2.11. The largest absolute Gasteiger partial charge is 0.508 e. The fraction of sp³-hybridized carbons (Fsp3) is 0.100. The lowest BCUT2D eigenvalue weighted by atomic mass is 10.2. The Labute approximate surface area is 90.9 Å². The molecule has 1 aromatic heterocycles. The summed E-state index contributed by atoms with van der Waals surface area (Å²) in [5, 5.41) is 15.0. The van der Waals surface area contributed by atoms with Gasteiger partial charge in [-0.2, -0.15) is 4.98 Å². The number of aromatic hydroxyl groups is 1. The highest BCUT2D eigenvalue weighted by Gasteiger charge is 2.09. The van der Waals surface area contributed by atoms with Crippen molar-refractivity contribution in [3.63, 3.8) is 0 Å². The molecule has 6 heteroatoms. The van der Waals surface area contributed by atoms with E-state index in [1.165, 1.54) is 24.3 Å². The maximum atomic E-state index is 11.6. The summed E-state index contributed by atoms with van der Waals surface area (Å²) in [6.45, 7) is 1.65. The van der Waals surface area contributed by atoms with E-state index in [2.05, 4.69) is 15.5 Å². The van der Waals surface area contributed by atoms with E-state index in [1.54, 1.807) is 6.92 Å². The molecule has 0 unspecified atom stereocenters. The minimum absolute atomic E-state index is 0.0515. The Balaban J connectivity index is 2.11. The Morgan fingerprint density at radius 3 is 2.62 bits per heavy atom. The molecule has 0 aliphatic heterocycles. The molecular weight excluding hydrogens is 210 g/mol. The minimum atomic E-state index is -0.372. The van der Waals surface area contributed by atoms with Gasteiger partial charge in [0, 0.05) is 5.56 Å². The molecule has 2 rings (SSSR count). The number of rotatable bonds is 2. The second-order valence-corrected chi connectivity index (χ2v) is 3.15. The maximum Gasteiger partial charge on any atom is 0.328 e. The third kappa shape index (κ3) is 2.17. The van der Waals surface area contributed by atoms with Crippen LogP contribution >= 0.6 is 0 Å². The first kappa shape index (κ1) is 10.2. The molecule has 6 nitrogen and oxygen atoms in total. The first-order chi connectivity index (χ1) is 7.65. The Morgan fingerprint density at radius 2 is 2.06 bits per heavy atom. The molecule has 16 heavy (non-hydrogen) atoms. The number of hydrogen-bond acceptors (Lipinski definition) is 5. The number of hydrogen-bond donors (Lipinski definition) is 2. The lowest BCUT2D eigenvalue weighted by molar-refractivity contribution is 0.102. The number of benzene rings is 1. The number of phenolic OH excluding ortho intramolecular Hbond substituents is 1. The van der Waals surface area contributed by atoms with E-state index >= 15 is 0 Å². The number of carbonyl (C=O) groups excluding carboxylic acids is 1. The van der Waals surface area contributed by atoms with Crippen LogP contribution < -0.4 is 5.32 Å². The summed E-state index contributed by atoms with van der Waals surface area (Å²) in [5.41, 5.74) is 0.397. The highest BCUT2D eigenvalue weighted by Crippen LogP contribution is 2.11. The van der Waals surface area contributed by atoms with Crippen LogP contribution in [-0.4, -0.2) is 21.2 Å². The van der Waals surface area contributed by atoms with E-state index in [9.17, 15) is 4.79 Å². The van der Waals surface area contributed by atoms with E-state index in [0.29, 0.717) is 11.4 Å². The average molecular weight is 219 g/mol. The zero-order chi connectivity index (χ0) is 11.5. The van der Waals surface area contributed by atoms with Crippen molar-refractivity contribution in [3.05, 3.63) is 35.7 Å². The quantitative estimate of drug-likeness (QED) is 0.795. The third-order valence-corrected chi connectivity index (χ3v) is 1.88. The second-order valence-electron chi connectivity index (χ2n) is 3.15. The van der Waals surface area contributed by atoms with E-state index < -0.39 is 0 Å². The molecule has 0 bridgehead atoms. The number of anilines is 1. The number of nitrogens with one attached hydrogen (secondary N) is 1. The molecule has 0 atom stereocenters. The van der Waals surface area contributed by atoms with Crippen molar-refractivity contribution in [2.45, 2.75) is 6.92 Å². The predicted molar refractivity (Wildman–Crippen MR) is 55.1 cm³/mol. The summed E-state index contributed by atoms with van der Waals surface area (Å²) >= 11 is 0. The SMILES string of the molecule is Cc1noc(NC(=O)c2ccc(O)cc2)n1. The summed E-state index contributed by atoms with van der Waals surface area (Å²) < 4.78 is 4.74. The monoisotopic (exact) mass is 219 g/mol. The fourth-order valence-corrected chi connectivity index (χ4v) is 1.13. The number of phenols is 1. The van der Waals surface area contributed by atoms with Gasteiger partial charge in [-0.15, -0.1) is 0 Å². The molecule has 0 fully saturated rings. The molecule has 1 heterocycles. The number of aromatic nitrogens is 2. The smallest absolute Gasteiger partial charge is 0.328 e. The van der Waals surface area contributed by atoms with Gasteiger partial charge in [0.05, 0.1) is 0 Å². The molecule has 0 saturated carbocycles. The van der Waals surface area contributed by atoms with Gasteiger partial charge in [-0.25, -0.2) is 0 Å². The first-order valence-electron chi connectivity index (χ1n) is 4.56. The van der Waals surface area contributed by atoms with Gasteiger partial charge < -0.3 is 9.63 Å². The van der Waals surface area contributed by atoms with E-state index in [4.69, 9.17) is 9.63 Å². The van der Waals surface area contributed by atoms with Crippen LogP contribution in [0, 0.1) is 6.92 Å². The summed E-state index contributed by atoms with van der Waals surface area (Å²) in [4.78, 5) is 15.4. The Bertz CT molecular complexity index is 504. The molecule has 0 aliphatic rings. The molecule has 2 N–H and O–H groups in total. The summed E-state index contributed by atoms with van der Waals surface area (Å²) in [7, 11) is 0. The number of amides is 1. The van der Waals surface area contributed by atoms with Crippen molar-refractivity contribution < 1.29 is 14.4 Å². The van der Waals surface area contributed by atoms with Crippen LogP contribution in [0.1, 0.15) is 16.2 Å². The Hall–Kier alpha value is -2.37. The van der Waals surface area contributed by atoms with Gasteiger partial charge in [-0.05, 0) is 31.2 Å². The molecule has 82 valence electrons. The van der Waals surface area contributed by atoms with Gasteiger partial charge >= 0.3 is 6.01 Å². The van der Waals surface area contributed by atoms with Gasteiger partial charge in [0.15, 0.2) is 5.82 Å². The van der Waals surface area contributed by atoms with Crippen molar-refractivity contribution in [1.29, 1.82) is 0 Å². The van der Waals surface area contributed by atoms with Crippen molar-refractivity contribution in [1.82, 2.24) is 10.1 Å². The van der Waals surface area contributed by atoms with Gasteiger partial charge in [-0.1, -0.05) is 5.16 Å². The fourth-order valence-electron chi connectivity index (χ4n) is 1.13. The summed E-state index contributed by atoms with van der Waals surface area (Å²) in [5.74, 6) is 0.176. The number of nitrogens with zero attached hydrogens (tertiary/aromatic N) is 2. The van der Waals surface area contributed by atoms with Gasteiger partial charge in [-0.3, -0.25) is 10.1 Å². The summed E-state index contributed by atoms with van der Waals surface area (Å²) in [6, 6.07) is 5.89. The molecule has 2 aromatic rings. The number of carbonyl (C=O) groups is 1. The molecule has 0 spiro atoms. The molecule has 0 radical (unpaired) electrons. The first-order valence-corrected chi connectivity index (χ1v) is 4.56. The predicted octanol–water partition coefficient (Wildman–Crippen LogP) is 1.34. The van der Waals surface area contributed by atoms with Gasteiger partial charge in [0.2, 0.25) is 0 Å². The highest BCUT2D eigenvalue weighted by atomic mass is 16.5.